The Balaban J connectivity index is 2.76. The molecule has 0 aliphatic rings. The van der Waals surface area contributed by atoms with Crippen LogP contribution in [0, 0.1) is 0 Å². The fourth-order valence-corrected chi connectivity index (χ4v) is 1.07. The molecule has 1 aromatic heterocycles. The van der Waals surface area contributed by atoms with Crippen molar-refractivity contribution in [2.75, 3.05) is 0 Å². The zero-order valence-corrected chi connectivity index (χ0v) is 10.0. The number of hydrogen-bond donors (Lipinski definition) is 1. The molecule has 0 amide bonds. The molecule has 0 unspecified atom stereocenters. The summed E-state index contributed by atoms with van der Waals surface area (Å²) in [5.74, 6) is 0. The van der Waals surface area contributed by atoms with Crippen LogP contribution in [-0.4, -0.2) is 9.01 Å². The van der Waals surface area contributed by atoms with Crippen LogP contribution in [0.1, 0.15) is 5.69 Å². The average molecular weight is 342 g/mol. The number of aromatic nitrogens is 1. The number of nitrogens with zero attached hydrogens (tertiary/aromatic N) is 1. The second kappa shape index (κ2) is 5.00. The van der Waals surface area contributed by atoms with Crippen LogP contribution in [0.15, 0.2) is 43.1 Å². The summed E-state index contributed by atoms with van der Waals surface area (Å²) < 4.78 is 0.845. The van der Waals surface area contributed by atoms with Crippen molar-refractivity contribution in [2.45, 2.75) is 0 Å². The molecule has 0 saturated carbocycles. The van der Waals surface area contributed by atoms with Crippen LogP contribution >= 0.6 is 0 Å². The second-order valence-corrected chi connectivity index (χ2v) is 4.17. The van der Waals surface area contributed by atoms with Crippen LogP contribution in [0.5, 0.6) is 0 Å². The van der Waals surface area contributed by atoms with Crippen LogP contribution < -0.4 is 5.73 Å². The first-order valence-electron chi connectivity index (χ1n) is 3.78. The summed E-state index contributed by atoms with van der Waals surface area (Å²) in [5.41, 5.74) is 7.29. The van der Waals surface area contributed by atoms with Gasteiger partial charge in [0.2, 0.25) is 0 Å². The zero-order chi connectivity index (χ0) is 9.68. The van der Waals surface area contributed by atoms with Crippen LogP contribution in [0.2, 0.25) is 0 Å². The zero-order valence-electron chi connectivity index (χ0n) is 7.10. The molecule has 0 aliphatic carbocycles. The van der Waals surface area contributed by atoms with Gasteiger partial charge in [0.25, 0.3) is 0 Å². The molecule has 66 valence electrons. The molecule has 2 N–H and O–H groups in total. The van der Waals surface area contributed by atoms with Crippen molar-refractivity contribution >= 4 is 9.59 Å². The summed E-state index contributed by atoms with van der Waals surface area (Å²) in [7, 11) is 0. The first-order valence-corrected chi connectivity index (χ1v) is 5.24. The van der Waals surface area contributed by atoms with Gasteiger partial charge in [-0.2, -0.15) is 0 Å². The molecule has 3 heteroatoms. The van der Waals surface area contributed by atoms with Gasteiger partial charge in [0, 0.05) is 0 Å². The first-order chi connectivity index (χ1) is 6.20. The van der Waals surface area contributed by atoms with Gasteiger partial charge in [0.1, 0.15) is 0 Å². The van der Waals surface area contributed by atoms with Crippen LogP contribution in [-0.2, 0) is 19.4 Å². The van der Waals surface area contributed by atoms with Gasteiger partial charge in [-0.15, -0.1) is 0 Å². The van der Waals surface area contributed by atoms with Crippen molar-refractivity contribution < 1.29 is 19.4 Å². The Morgan fingerprint density at radius 1 is 1.46 bits per heavy atom. The SMILES string of the molecule is C=C(C=C[C](N)=[W])c1ccccn1. The standard InChI is InChI=1S/C10H10N2.W/c1-9(5-4-7-11)10-6-2-3-8-12-10;/h2-6,8H,1,11H2;. The molecule has 0 aliphatic heterocycles. The van der Waals surface area contributed by atoms with Gasteiger partial charge in [-0.05, 0) is 0 Å². The molecule has 0 atom stereocenters. The molecular weight excluding hydrogens is 332 g/mol. The molecule has 0 radical (unpaired) electrons. The van der Waals surface area contributed by atoms with Gasteiger partial charge in [0.15, 0.2) is 0 Å². The summed E-state index contributed by atoms with van der Waals surface area (Å²) >= 11 is 1.26. The van der Waals surface area contributed by atoms with Crippen molar-refractivity contribution in [1.29, 1.82) is 0 Å². The Morgan fingerprint density at radius 3 is 2.77 bits per heavy atom. The monoisotopic (exact) mass is 342 g/mol. The third kappa shape index (κ3) is 3.58. The molecule has 1 rings (SSSR count). The molecular formula is C10H10N2W. The molecule has 0 aromatic carbocycles. The van der Waals surface area contributed by atoms with Gasteiger partial charge in [-0.25, -0.2) is 0 Å². The van der Waals surface area contributed by atoms with Crippen molar-refractivity contribution in [3.8, 4) is 0 Å². The normalized spacial score (nSPS) is 10.2. The first kappa shape index (κ1) is 10.2. The van der Waals surface area contributed by atoms with E-state index in [2.05, 4.69) is 11.6 Å². The maximum atomic E-state index is 5.52. The van der Waals surface area contributed by atoms with Gasteiger partial charge >= 0.3 is 88.5 Å². The minimum atomic E-state index is 0.845. The topological polar surface area (TPSA) is 38.9 Å². The van der Waals surface area contributed by atoms with Crippen molar-refractivity contribution in [1.82, 2.24) is 4.98 Å². The van der Waals surface area contributed by atoms with Crippen molar-refractivity contribution in [3.63, 3.8) is 0 Å². The van der Waals surface area contributed by atoms with Crippen LogP contribution in [0.3, 0.4) is 0 Å². The summed E-state index contributed by atoms with van der Waals surface area (Å²) in [6.07, 6.45) is 5.48. The minimum absolute atomic E-state index is 0.845. The molecule has 1 aromatic rings. The van der Waals surface area contributed by atoms with Gasteiger partial charge in [-0.1, -0.05) is 0 Å². The Labute approximate surface area is 88.6 Å². The third-order valence-electron chi connectivity index (χ3n) is 1.44. The summed E-state index contributed by atoms with van der Waals surface area (Å²) in [6, 6.07) is 5.74. The molecule has 0 bridgehead atoms. The molecule has 2 nitrogen and oxygen atoms in total. The molecule has 0 spiro atoms. The number of hydrogen-bond acceptors (Lipinski definition) is 2. The summed E-state index contributed by atoms with van der Waals surface area (Å²) in [4.78, 5) is 4.16. The number of rotatable bonds is 3. The maximum absolute atomic E-state index is 5.52. The fraction of sp³-hybridized carbons (Fsp3) is 0. The van der Waals surface area contributed by atoms with Crippen LogP contribution in [0.25, 0.3) is 5.57 Å². The van der Waals surface area contributed by atoms with E-state index in [9.17, 15) is 0 Å². The second-order valence-electron chi connectivity index (χ2n) is 2.48. The van der Waals surface area contributed by atoms with E-state index in [0.717, 1.165) is 15.3 Å². The predicted molar refractivity (Wildman–Crippen MR) is 51.6 cm³/mol. The number of allylic oxidation sites excluding steroid dienone is 2. The number of pyridine rings is 1. The van der Waals surface area contributed by atoms with E-state index >= 15 is 0 Å². The third-order valence-corrected chi connectivity index (χ3v) is 1.93. The van der Waals surface area contributed by atoms with E-state index in [0.29, 0.717) is 0 Å². The van der Waals surface area contributed by atoms with E-state index in [4.69, 9.17) is 5.73 Å². The Hall–Kier alpha value is -0.852. The van der Waals surface area contributed by atoms with E-state index in [1.807, 2.05) is 30.4 Å². The average Bonchev–Trinajstić information content (AvgIpc) is 2.15. The predicted octanol–water partition coefficient (Wildman–Crippen LogP) is 1.29. The quantitative estimate of drug-likeness (QED) is 0.841. The molecule has 0 fully saturated rings. The van der Waals surface area contributed by atoms with Gasteiger partial charge in [-0.3, -0.25) is 0 Å². The van der Waals surface area contributed by atoms with E-state index in [1.165, 1.54) is 19.4 Å². The van der Waals surface area contributed by atoms with Crippen molar-refractivity contribution in [3.05, 3.63) is 48.8 Å². The molecule has 0 saturated heterocycles. The summed E-state index contributed by atoms with van der Waals surface area (Å²) in [5, 5.41) is 0. The van der Waals surface area contributed by atoms with Gasteiger partial charge < -0.3 is 0 Å². The Kier molecular flexibility index (Phi) is 3.94. The van der Waals surface area contributed by atoms with Gasteiger partial charge in [0.05, 0.1) is 0 Å². The Morgan fingerprint density at radius 2 is 2.23 bits per heavy atom. The van der Waals surface area contributed by atoms with E-state index < -0.39 is 0 Å². The summed E-state index contributed by atoms with van der Waals surface area (Å²) in [6.45, 7) is 3.89. The number of nitrogens with two attached hydrogens (primary N) is 1. The van der Waals surface area contributed by atoms with Crippen LogP contribution in [0.4, 0.5) is 0 Å². The molecule has 1 heterocycles. The van der Waals surface area contributed by atoms with E-state index in [-0.39, 0.29) is 0 Å². The van der Waals surface area contributed by atoms with E-state index in [1.54, 1.807) is 6.20 Å². The van der Waals surface area contributed by atoms with Crippen molar-refractivity contribution in [2.24, 2.45) is 5.73 Å². The fourth-order valence-electron chi connectivity index (χ4n) is 0.821. The Bertz CT molecular complexity index is 341. The molecule has 13 heavy (non-hydrogen) atoms.